The van der Waals surface area contributed by atoms with Crippen molar-refractivity contribution in [3.05, 3.63) is 28.5 Å². The Morgan fingerprint density at radius 3 is 2.94 bits per heavy atom. The molecular weight excluding hydrogens is 268 g/mol. The van der Waals surface area contributed by atoms with Crippen molar-refractivity contribution in [2.75, 3.05) is 19.7 Å². The van der Waals surface area contributed by atoms with Crippen LogP contribution in [-0.4, -0.2) is 35.6 Å². The monoisotopic (exact) mass is 284 g/mol. The van der Waals surface area contributed by atoms with Gasteiger partial charge in [0.05, 0.1) is 12.3 Å². The molecule has 1 atom stereocenters. The van der Waals surface area contributed by atoms with Gasteiger partial charge < -0.3 is 4.74 Å². The third-order valence-electron chi connectivity index (χ3n) is 2.91. The zero-order valence-corrected chi connectivity index (χ0v) is 11.3. The van der Waals surface area contributed by atoms with Crippen molar-refractivity contribution < 1.29 is 4.74 Å². The molecule has 1 aliphatic heterocycles. The van der Waals surface area contributed by atoms with E-state index in [9.17, 15) is 0 Å². The summed E-state index contributed by atoms with van der Waals surface area (Å²) in [5.41, 5.74) is 1.02. The number of ether oxygens (including phenoxy) is 1. The van der Waals surface area contributed by atoms with E-state index in [1.54, 1.807) is 0 Å². The molecule has 0 saturated carbocycles. The van der Waals surface area contributed by atoms with Crippen molar-refractivity contribution >= 4 is 15.9 Å². The SMILES string of the molecule is CC(C)N1CCOC(c2ccc(Br)cn2)C1. The first-order valence-electron chi connectivity index (χ1n) is 5.64. The fourth-order valence-electron chi connectivity index (χ4n) is 1.89. The Bertz CT molecular complexity index is 339. The van der Waals surface area contributed by atoms with Gasteiger partial charge in [-0.15, -0.1) is 0 Å². The van der Waals surface area contributed by atoms with E-state index in [4.69, 9.17) is 4.74 Å². The van der Waals surface area contributed by atoms with Crippen LogP contribution >= 0.6 is 15.9 Å². The molecule has 0 aliphatic carbocycles. The summed E-state index contributed by atoms with van der Waals surface area (Å²) in [5.74, 6) is 0. The summed E-state index contributed by atoms with van der Waals surface area (Å²) < 4.78 is 6.77. The zero-order valence-electron chi connectivity index (χ0n) is 9.69. The fourth-order valence-corrected chi connectivity index (χ4v) is 2.13. The minimum atomic E-state index is 0.115. The first kappa shape index (κ1) is 12.0. The maximum absolute atomic E-state index is 5.76. The molecule has 16 heavy (non-hydrogen) atoms. The molecule has 0 spiro atoms. The molecule has 4 heteroatoms. The van der Waals surface area contributed by atoms with Crippen molar-refractivity contribution in [1.29, 1.82) is 0 Å². The van der Waals surface area contributed by atoms with Crippen LogP contribution in [0.3, 0.4) is 0 Å². The molecule has 1 unspecified atom stereocenters. The van der Waals surface area contributed by atoms with Crippen LogP contribution < -0.4 is 0 Å². The number of hydrogen-bond donors (Lipinski definition) is 0. The number of morpholine rings is 1. The van der Waals surface area contributed by atoms with Crippen molar-refractivity contribution in [2.24, 2.45) is 0 Å². The number of hydrogen-bond acceptors (Lipinski definition) is 3. The topological polar surface area (TPSA) is 25.4 Å². The lowest BCUT2D eigenvalue weighted by molar-refractivity contribution is -0.0421. The van der Waals surface area contributed by atoms with E-state index in [0.717, 1.165) is 29.9 Å². The van der Waals surface area contributed by atoms with Crippen molar-refractivity contribution in [3.63, 3.8) is 0 Å². The standard InChI is InChI=1S/C12H17BrN2O/c1-9(2)15-5-6-16-12(8-15)11-4-3-10(13)7-14-11/h3-4,7,9,12H,5-6,8H2,1-2H3. The van der Waals surface area contributed by atoms with Gasteiger partial charge in [0.2, 0.25) is 0 Å². The molecular formula is C12H17BrN2O. The molecule has 1 aliphatic rings. The van der Waals surface area contributed by atoms with Crippen molar-refractivity contribution in [2.45, 2.75) is 26.0 Å². The summed E-state index contributed by atoms with van der Waals surface area (Å²) in [7, 11) is 0. The Hall–Kier alpha value is -0.450. The van der Waals surface area contributed by atoms with Crippen LogP contribution in [0.15, 0.2) is 22.8 Å². The Balaban J connectivity index is 2.06. The first-order valence-corrected chi connectivity index (χ1v) is 6.43. The van der Waals surface area contributed by atoms with E-state index >= 15 is 0 Å². The normalized spacial score (nSPS) is 22.6. The van der Waals surface area contributed by atoms with Gasteiger partial charge >= 0.3 is 0 Å². The van der Waals surface area contributed by atoms with Crippen molar-refractivity contribution in [1.82, 2.24) is 9.88 Å². The number of aromatic nitrogens is 1. The number of halogens is 1. The highest BCUT2D eigenvalue weighted by molar-refractivity contribution is 9.10. The highest BCUT2D eigenvalue weighted by Gasteiger charge is 2.24. The second-order valence-electron chi connectivity index (χ2n) is 4.35. The van der Waals surface area contributed by atoms with Crippen LogP contribution in [0.1, 0.15) is 25.6 Å². The van der Waals surface area contributed by atoms with Gasteiger partial charge in [0.15, 0.2) is 0 Å². The van der Waals surface area contributed by atoms with E-state index in [2.05, 4.69) is 39.7 Å². The lowest BCUT2D eigenvalue weighted by Gasteiger charge is -2.35. The van der Waals surface area contributed by atoms with E-state index in [0.29, 0.717) is 6.04 Å². The summed E-state index contributed by atoms with van der Waals surface area (Å²) >= 11 is 3.39. The van der Waals surface area contributed by atoms with Gasteiger partial charge in [-0.1, -0.05) is 0 Å². The van der Waals surface area contributed by atoms with Crippen LogP contribution in [-0.2, 0) is 4.74 Å². The second kappa shape index (κ2) is 5.25. The van der Waals surface area contributed by atoms with Gasteiger partial charge in [0, 0.05) is 29.8 Å². The van der Waals surface area contributed by atoms with Crippen LogP contribution in [0.5, 0.6) is 0 Å². The quantitative estimate of drug-likeness (QED) is 0.835. The predicted molar refractivity (Wildman–Crippen MR) is 67.3 cm³/mol. The van der Waals surface area contributed by atoms with Crippen molar-refractivity contribution in [3.8, 4) is 0 Å². The van der Waals surface area contributed by atoms with Gasteiger partial charge in [-0.25, -0.2) is 0 Å². The summed E-state index contributed by atoms with van der Waals surface area (Å²) in [6.07, 6.45) is 1.94. The van der Waals surface area contributed by atoms with E-state index < -0.39 is 0 Å². The van der Waals surface area contributed by atoms with E-state index in [1.165, 1.54) is 0 Å². The average Bonchev–Trinajstić information content (AvgIpc) is 2.30. The predicted octanol–water partition coefficient (Wildman–Crippen LogP) is 2.63. The summed E-state index contributed by atoms with van der Waals surface area (Å²) in [5, 5.41) is 0. The van der Waals surface area contributed by atoms with Gasteiger partial charge in [-0.05, 0) is 41.9 Å². The Morgan fingerprint density at radius 1 is 1.50 bits per heavy atom. The van der Waals surface area contributed by atoms with Crippen LogP contribution in [0.4, 0.5) is 0 Å². The fraction of sp³-hybridized carbons (Fsp3) is 0.583. The molecule has 1 saturated heterocycles. The number of nitrogens with zero attached hydrogens (tertiary/aromatic N) is 2. The molecule has 0 radical (unpaired) electrons. The number of rotatable bonds is 2. The Kier molecular flexibility index (Phi) is 3.95. The van der Waals surface area contributed by atoms with Gasteiger partial charge in [-0.3, -0.25) is 9.88 Å². The summed E-state index contributed by atoms with van der Waals surface area (Å²) in [6.45, 7) is 7.19. The van der Waals surface area contributed by atoms with E-state index in [1.807, 2.05) is 18.3 Å². The minimum Gasteiger partial charge on any atom is -0.369 e. The third kappa shape index (κ3) is 2.81. The van der Waals surface area contributed by atoms with Gasteiger partial charge in [0.25, 0.3) is 0 Å². The smallest absolute Gasteiger partial charge is 0.112 e. The molecule has 0 N–H and O–H groups in total. The molecule has 0 amide bonds. The maximum Gasteiger partial charge on any atom is 0.112 e. The molecule has 1 fully saturated rings. The molecule has 1 aromatic heterocycles. The molecule has 1 aromatic rings. The van der Waals surface area contributed by atoms with Crippen LogP contribution in [0.2, 0.25) is 0 Å². The minimum absolute atomic E-state index is 0.115. The second-order valence-corrected chi connectivity index (χ2v) is 5.27. The first-order chi connectivity index (χ1) is 7.66. The molecule has 0 bridgehead atoms. The maximum atomic E-state index is 5.76. The average molecular weight is 285 g/mol. The van der Waals surface area contributed by atoms with Crippen LogP contribution in [0, 0.1) is 0 Å². The molecule has 0 aromatic carbocycles. The van der Waals surface area contributed by atoms with Crippen LogP contribution in [0.25, 0.3) is 0 Å². The largest absolute Gasteiger partial charge is 0.369 e. The molecule has 2 rings (SSSR count). The number of pyridine rings is 1. The lowest BCUT2D eigenvalue weighted by atomic mass is 10.1. The lowest BCUT2D eigenvalue weighted by Crippen LogP contribution is -2.42. The zero-order chi connectivity index (χ0) is 11.5. The molecule has 2 heterocycles. The van der Waals surface area contributed by atoms with E-state index in [-0.39, 0.29) is 6.10 Å². The van der Waals surface area contributed by atoms with Gasteiger partial charge in [0.1, 0.15) is 6.10 Å². The highest BCUT2D eigenvalue weighted by atomic mass is 79.9. The summed E-state index contributed by atoms with van der Waals surface area (Å²) in [6, 6.07) is 4.61. The molecule has 88 valence electrons. The summed E-state index contributed by atoms with van der Waals surface area (Å²) in [4.78, 5) is 6.83. The Labute approximate surface area is 105 Å². The Morgan fingerprint density at radius 2 is 2.31 bits per heavy atom. The third-order valence-corrected chi connectivity index (χ3v) is 3.38. The van der Waals surface area contributed by atoms with Gasteiger partial charge in [-0.2, -0.15) is 0 Å². The highest BCUT2D eigenvalue weighted by Crippen LogP contribution is 2.22. The molecule has 3 nitrogen and oxygen atoms in total.